The van der Waals surface area contributed by atoms with Gasteiger partial charge in [-0.25, -0.2) is 0 Å². The standard InChI is InChI=1S/C25H29N5O2S/c1-17-8-10-21(11-9-17)30-24(28-12-14-32-15-13-28)26-27-25(30)33-19(3)23(31)29-18(2)16-20-6-4-5-7-22(20)29/h4-11,18-19H,12-16H2,1-3H3/t18-,19+/m1/s1. The summed E-state index contributed by atoms with van der Waals surface area (Å²) in [5.74, 6) is 0.896. The van der Waals surface area contributed by atoms with Crippen molar-refractivity contribution in [3.05, 3.63) is 59.7 Å². The number of aryl methyl sites for hydroxylation is 1. The molecule has 0 saturated carbocycles. The van der Waals surface area contributed by atoms with Gasteiger partial charge < -0.3 is 14.5 Å². The maximum Gasteiger partial charge on any atom is 0.240 e. The quantitative estimate of drug-likeness (QED) is 0.536. The fraction of sp³-hybridized carbons (Fsp3) is 0.400. The van der Waals surface area contributed by atoms with E-state index in [9.17, 15) is 4.79 Å². The van der Waals surface area contributed by atoms with E-state index in [-0.39, 0.29) is 17.2 Å². The second-order valence-corrected chi connectivity index (χ2v) is 10.0. The highest BCUT2D eigenvalue weighted by Crippen LogP contribution is 2.36. The number of thioether (sulfide) groups is 1. The van der Waals surface area contributed by atoms with E-state index in [1.807, 2.05) is 30.0 Å². The average Bonchev–Trinajstić information content (AvgIpc) is 3.40. The van der Waals surface area contributed by atoms with Crippen LogP contribution in [-0.2, 0) is 16.0 Å². The molecule has 3 aromatic rings. The second-order valence-electron chi connectivity index (χ2n) is 8.70. The maximum atomic E-state index is 13.5. The number of para-hydroxylation sites is 1. The molecule has 33 heavy (non-hydrogen) atoms. The largest absolute Gasteiger partial charge is 0.378 e. The van der Waals surface area contributed by atoms with Crippen molar-refractivity contribution in [2.75, 3.05) is 36.1 Å². The van der Waals surface area contributed by atoms with E-state index in [4.69, 9.17) is 4.74 Å². The lowest BCUT2D eigenvalue weighted by atomic mass is 10.1. The minimum Gasteiger partial charge on any atom is -0.378 e. The Hall–Kier alpha value is -2.84. The summed E-state index contributed by atoms with van der Waals surface area (Å²) in [7, 11) is 0. The van der Waals surface area contributed by atoms with Gasteiger partial charge in [0.25, 0.3) is 0 Å². The Labute approximate surface area is 198 Å². The number of anilines is 2. The molecule has 5 rings (SSSR count). The van der Waals surface area contributed by atoms with E-state index in [2.05, 4.69) is 63.8 Å². The first-order chi connectivity index (χ1) is 16.0. The van der Waals surface area contributed by atoms with E-state index in [0.717, 1.165) is 42.0 Å². The predicted octanol–water partition coefficient (Wildman–Crippen LogP) is 3.87. The van der Waals surface area contributed by atoms with Crippen LogP contribution in [-0.4, -0.2) is 58.3 Å². The van der Waals surface area contributed by atoms with E-state index >= 15 is 0 Å². The van der Waals surface area contributed by atoms with Crippen molar-refractivity contribution in [3.63, 3.8) is 0 Å². The van der Waals surface area contributed by atoms with Crippen molar-refractivity contribution in [2.24, 2.45) is 0 Å². The minimum absolute atomic E-state index is 0.101. The molecule has 1 saturated heterocycles. The zero-order valence-corrected chi connectivity index (χ0v) is 20.1. The van der Waals surface area contributed by atoms with Crippen LogP contribution >= 0.6 is 11.8 Å². The molecule has 7 nitrogen and oxygen atoms in total. The highest BCUT2D eigenvalue weighted by Gasteiger charge is 2.34. The van der Waals surface area contributed by atoms with Gasteiger partial charge >= 0.3 is 0 Å². The lowest BCUT2D eigenvalue weighted by Gasteiger charge is -2.28. The molecule has 3 heterocycles. The zero-order valence-electron chi connectivity index (χ0n) is 19.3. The molecule has 1 fully saturated rings. The summed E-state index contributed by atoms with van der Waals surface area (Å²) in [6.45, 7) is 9.03. The number of aromatic nitrogens is 3. The van der Waals surface area contributed by atoms with Crippen molar-refractivity contribution in [1.29, 1.82) is 0 Å². The first-order valence-electron chi connectivity index (χ1n) is 11.5. The maximum absolute atomic E-state index is 13.5. The summed E-state index contributed by atoms with van der Waals surface area (Å²) in [6.07, 6.45) is 0.889. The van der Waals surface area contributed by atoms with E-state index in [0.29, 0.717) is 13.2 Å². The Morgan fingerprint density at radius 3 is 2.58 bits per heavy atom. The number of morpholine rings is 1. The van der Waals surface area contributed by atoms with E-state index in [1.165, 1.54) is 22.9 Å². The molecule has 1 aromatic heterocycles. The van der Waals surface area contributed by atoms with Crippen molar-refractivity contribution in [3.8, 4) is 5.69 Å². The lowest BCUT2D eigenvalue weighted by molar-refractivity contribution is -0.118. The SMILES string of the molecule is Cc1ccc(-n2c(S[C@@H](C)C(=O)N3c4ccccc4C[C@H]3C)nnc2N2CCOCC2)cc1. The highest BCUT2D eigenvalue weighted by atomic mass is 32.2. The number of ether oxygens (including phenoxy) is 1. The van der Waals surface area contributed by atoms with Gasteiger partial charge in [-0.15, -0.1) is 10.2 Å². The fourth-order valence-corrected chi connectivity index (χ4v) is 5.44. The third-order valence-corrected chi connectivity index (χ3v) is 7.31. The second kappa shape index (κ2) is 9.19. The van der Waals surface area contributed by atoms with Crippen LogP contribution < -0.4 is 9.80 Å². The van der Waals surface area contributed by atoms with Gasteiger partial charge in [-0.2, -0.15) is 0 Å². The van der Waals surface area contributed by atoms with Crippen LogP contribution in [0.25, 0.3) is 5.69 Å². The Kier molecular flexibility index (Phi) is 6.12. The molecule has 0 spiro atoms. The van der Waals surface area contributed by atoms with Crippen LogP contribution in [0.4, 0.5) is 11.6 Å². The van der Waals surface area contributed by atoms with E-state index in [1.54, 1.807) is 0 Å². The summed E-state index contributed by atoms with van der Waals surface area (Å²) in [5.41, 5.74) is 4.44. The van der Waals surface area contributed by atoms with Gasteiger partial charge in [0.2, 0.25) is 11.9 Å². The summed E-state index contributed by atoms with van der Waals surface area (Å²) in [4.78, 5) is 17.7. The van der Waals surface area contributed by atoms with Crippen molar-refractivity contribution < 1.29 is 9.53 Å². The van der Waals surface area contributed by atoms with Crippen LogP contribution in [0.2, 0.25) is 0 Å². The molecule has 0 bridgehead atoms. The fourth-order valence-electron chi connectivity index (χ4n) is 4.53. The average molecular weight is 464 g/mol. The smallest absolute Gasteiger partial charge is 0.240 e. The first-order valence-corrected chi connectivity index (χ1v) is 12.3. The van der Waals surface area contributed by atoms with Crippen molar-refractivity contribution in [2.45, 2.75) is 43.6 Å². The Morgan fingerprint density at radius 2 is 1.82 bits per heavy atom. The van der Waals surface area contributed by atoms with Crippen LogP contribution in [0.5, 0.6) is 0 Å². The van der Waals surface area contributed by atoms with Gasteiger partial charge in [-0.3, -0.25) is 9.36 Å². The molecule has 172 valence electrons. The number of hydrogen-bond acceptors (Lipinski definition) is 6. The summed E-state index contributed by atoms with van der Waals surface area (Å²) < 4.78 is 7.60. The van der Waals surface area contributed by atoms with Crippen LogP contribution in [0.1, 0.15) is 25.0 Å². The number of hydrogen-bond donors (Lipinski definition) is 0. The topological polar surface area (TPSA) is 63.5 Å². The van der Waals surface area contributed by atoms with Crippen molar-refractivity contribution in [1.82, 2.24) is 14.8 Å². The van der Waals surface area contributed by atoms with Gasteiger partial charge in [0.15, 0.2) is 5.16 Å². The normalized spacial score (nSPS) is 18.9. The number of fused-ring (bicyclic) bond motifs is 1. The van der Waals surface area contributed by atoms with Crippen LogP contribution in [0, 0.1) is 6.92 Å². The number of nitrogens with zero attached hydrogens (tertiary/aromatic N) is 5. The van der Waals surface area contributed by atoms with Gasteiger partial charge in [0, 0.05) is 24.8 Å². The molecule has 2 aliphatic heterocycles. The minimum atomic E-state index is -0.301. The Bertz CT molecular complexity index is 1140. The number of benzene rings is 2. The summed E-state index contributed by atoms with van der Waals surface area (Å²) in [6, 6.07) is 16.7. The molecular formula is C25H29N5O2S. The van der Waals surface area contributed by atoms with Gasteiger partial charge in [-0.1, -0.05) is 47.7 Å². The van der Waals surface area contributed by atoms with Crippen LogP contribution in [0.15, 0.2) is 53.7 Å². The Morgan fingerprint density at radius 1 is 1.09 bits per heavy atom. The molecule has 1 amide bonds. The highest BCUT2D eigenvalue weighted by molar-refractivity contribution is 8.00. The molecule has 0 radical (unpaired) electrons. The molecule has 0 aliphatic carbocycles. The number of rotatable bonds is 5. The first kappa shape index (κ1) is 22.0. The number of carbonyl (C=O) groups excluding carboxylic acids is 1. The number of amides is 1. The molecule has 0 N–H and O–H groups in total. The molecule has 2 aliphatic rings. The Balaban J connectivity index is 1.45. The van der Waals surface area contributed by atoms with Gasteiger partial charge in [-0.05, 0) is 51.0 Å². The molecule has 8 heteroatoms. The van der Waals surface area contributed by atoms with E-state index < -0.39 is 0 Å². The predicted molar refractivity (Wildman–Crippen MR) is 132 cm³/mol. The third kappa shape index (κ3) is 4.25. The van der Waals surface area contributed by atoms with Gasteiger partial charge in [0.1, 0.15) is 0 Å². The van der Waals surface area contributed by atoms with Crippen LogP contribution in [0.3, 0.4) is 0 Å². The van der Waals surface area contributed by atoms with Crippen molar-refractivity contribution >= 4 is 29.3 Å². The molecule has 2 aromatic carbocycles. The number of carbonyl (C=O) groups is 1. The molecule has 0 unspecified atom stereocenters. The zero-order chi connectivity index (χ0) is 22.9. The molecule has 2 atom stereocenters. The summed E-state index contributed by atoms with van der Waals surface area (Å²) in [5, 5.41) is 9.48. The molecular weight excluding hydrogens is 434 g/mol. The van der Waals surface area contributed by atoms with Gasteiger partial charge in [0.05, 0.1) is 24.2 Å². The lowest BCUT2D eigenvalue weighted by Crippen LogP contribution is -2.40. The monoisotopic (exact) mass is 463 g/mol. The summed E-state index contributed by atoms with van der Waals surface area (Å²) >= 11 is 1.47. The third-order valence-electron chi connectivity index (χ3n) is 6.28.